The van der Waals surface area contributed by atoms with Crippen molar-refractivity contribution in [1.29, 1.82) is 0 Å². The van der Waals surface area contributed by atoms with Crippen molar-refractivity contribution in [2.45, 2.75) is 84.4 Å². The van der Waals surface area contributed by atoms with E-state index in [-0.39, 0.29) is 75.0 Å². The minimum absolute atomic E-state index is 0.0380. The Morgan fingerprint density at radius 1 is 0.985 bits per heavy atom. The van der Waals surface area contributed by atoms with Crippen molar-refractivity contribution < 1.29 is 45.0 Å². The summed E-state index contributed by atoms with van der Waals surface area (Å²) in [5.74, 6) is -1.48. The van der Waals surface area contributed by atoms with Crippen molar-refractivity contribution in [3.63, 3.8) is 0 Å². The van der Waals surface area contributed by atoms with E-state index in [2.05, 4.69) is 10.4 Å². The first kappa shape index (κ1) is 47.0. The molecule has 3 aromatic carbocycles. The highest BCUT2D eigenvalue weighted by molar-refractivity contribution is 7.92. The fourth-order valence-corrected chi connectivity index (χ4v) is 8.87. The van der Waals surface area contributed by atoms with Crippen molar-refractivity contribution in [2.75, 3.05) is 35.7 Å². The van der Waals surface area contributed by atoms with Crippen LogP contribution in [0.1, 0.15) is 57.6 Å². The van der Waals surface area contributed by atoms with Gasteiger partial charge in [-0.2, -0.15) is 5.10 Å². The molecule has 65 heavy (non-hydrogen) atoms. The molecule has 15 nitrogen and oxygen atoms in total. The number of hydrogen-bond acceptors (Lipinski definition) is 11. The van der Waals surface area contributed by atoms with Crippen LogP contribution < -0.4 is 24.8 Å². The molecule has 1 amide bonds. The number of anilines is 2. The molecule has 1 fully saturated rings. The zero-order valence-electron chi connectivity index (χ0n) is 36.5. The summed E-state index contributed by atoms with van der Waals surface area (Å²) < 4.78 is 106. The summed E-state index contributed by atoms with van der Waals surface area (Å²) in [6.45, 7) is 8.20. The van der Waals surface area contributed by atoms with E-state index in [1.807, 2.05) is 18.7 Å². The van der Waals surface area contributed by atoms with Crippen LogP contribution in [0.4, 0.5) is 34.0 Å². The number of rotatable bonds is 13. The second-order valence-electron chi connectivity index (χ2n) is 16.8. The van der Waals surface area contributed by atoms with Gasteiger partial charge < -0.3 is 24.4 Å². The van der Waals surface area contributed by atoms with Gasteiger partial charge in [-0.25, -0.2) is 45.0 Å². The molecule has 0 radical (unpaired) electrons. The highest BCUT2D eigenvalue weighted by Crippen LogP contribution is 2.39. The summed E-state index contributed by atoms with van der Waals surface area (Å²) in [5.41, 5.74) is -1.75. The molecule has 1 N–H and O–H groups in total. The van der Waals surface area contributed by atoms with Gasteiger partial charge in [0.15, 0.2) is 11.5 Å². The number of morpholine rings is 1. The van der Waals surface area contributed by atoms with Crippen LogP contribution in [0.5, 0.6) is 5.75 Å². The number of alkyl halides is 2. The van der Waals surface area contributed by atoms with Gasteiger partial charge in [-0.3, -0.25) is 14.0 Å². The number of benzene rings is 3. The van der Waals surface area contributed by atoms with Gasteiger partial charge in [0.1, 0.15) is 41.2 Å². The van der Waals surface area contributed by atoms with E-state index < -0.39 is 57.9 Å². The molecule has 1 aliphatic heterocycles. The first-order chi connectivity index (χ1) is 30.6. The molecule has 1 saturated heterocycles. The molecule has 7 rings (SSSR count). The van der Waals surface area contributed by atoms with Crippen molar-refractivity contribution in [3.05, 3.63) is 111 Å². The standard InChI is InChI=1S/C44H47ClF4N8O7S/c1-24-20-54(21-25(2)63-24)36-15-12-31-39(51-36)52-40(33(50-43(59)64-44(3,4)5)18-27-16-28(46)19-29(47)17-27)57(42(31)58)34-14-13-32(45)37-38(34)55(23-35(48)49)53-41(37)56(65(7,60)61)22-26-8-10-30(62-6)11-9-26/h8-17,19,24-25,33,35H,18,20-23H2,1-7H3,(H,50,59)/t24-,25+,33-/m0/s1. The maximum absolute atomic E-state index is 15.2. The number of nitrogens with one attached hydrogen (secondary N) is 1. The molecule has 0 saturated carbocycles. The lowest BCUT2D eigenvalue weighted by atomic mass is 10.0. The molecule has 6 aromatic rings. The highest BCUT2D eigenvalue weighted by Gasteiger charge is 2.33. The first-order valence-corrected chi connectivity index (χ1v) is 22.7. The largest absolute Gasteiger partial charge is 0.497 e. The van der Waals surface area contributed by atoms with Gasteiger partial charge in [-0.05, 0) is 94.3 Å². The maximum Gasteiger partial charge on any atom is 0.408 e. The lowest BCUT2D eigenvalue weighted by molar-refractivity contribution is -0.00545. The minimum Gasteiger partial charge on any atom is -0.497 e. The fraction of sp³-hybridized carbons (Fsp3) is 0.386. The van der Waals surface area contributed by atoms with Crippen molar-refractivity contribution >= 4 is 61.3 Å². The zero-order chi connectivity index (χ0) is 47.1. The second-order valence-corrected chi connectivity index (χ2v) is 19.1. The van der Waals surface area contributed by atoms with Crippen LogP contribution >= 0.6 is 11.6 Å². The Kier molecular flexibility index (Phi) is 13.4. The number of alkyl carbamates (subject to hydrolysis) is 1. The third-order valence-electron chi connectivity index (χ3n) is 10.3. The van der Waals surface area contributed by atoms with Gasteiger partial charge in [0.2, 0.25) is 10.0 Å². The number of carbonyl (C=O) groups excluding carboxylic acids is 1. The lowest BCUT2D eigenvalue weighted by Gasteiger charge is -2.36. The van der Waals surface area contributed by atoms with Crippen molar-refractivity contribution in [1.82, 2.24) is 29.6 Å². The van der Waals surface area contributed by atoms with E-state index in [1.54, 1.807) is 51.1 Å². The van der Waals surface area contributed by atoms with Crippen LogP contribution in [0.2, 0.25) is 5.02 Å². The number of hydrogen-bond donors (Lipinski definition) is 1. The zero-order valence-corrected chi connectivity index (χ0v) is 38.1. The Morgan fingerprint density at radius 2 is 1.65 bits per heavy atom. The Bertz CT molecular complexity index is 2900. The number of nitrogens with zero attached hydrogens (tertiary/aromatic N) is 7. The molecular formula is C44H47ClF4N8O7S. The number of halogens is 5. The van der Waals surface area contributed by atoms with Crippen LogP contribution in [0.3, 0.4) is 0 Å². The summed E-state index contributed by atoms with van der Waals surface area (Å²) >= 11 is 6.87. The molecule has 21 heteroatoms. The summed E-state index contributed by atoms with van der Waals surface area (Å²) in [6, 6.07) is 13.6. The number of aromatic nitrogens is 5. The minimum atomic E-state index is -4.23. The summed E-state index contributed by atoms with van der Waals surface area (Å²) in [7, 11) is -2.76. The molecule has 0 spiro atoms. The van der Waals surface area contributed by atoms with Gasteiger partial charge in [-0.15, -0.1) is 0 Å². The molecule has 346 valence electrons. The monoisotopic (exact) mass is 942 g/mol. The quantitative estimate of drug-likeness (QED) is 0.113. The van der Waals surface area contributed by atoms with E-state index in [9.17, 15) is 30.8 Å². The summed E-state index contributed by atoms with van der Waals surface area (Å²) in [6.07, 6.45) is -3.82. The van der Waals surface area contributed by atoms with Crippen LogP contribution in [-0.4, -0.2) is 89.5 Å². The molecule has 0 unspecified atom stereocenters. The number of amides is 1. The second kappa shape index (κ2) is 18.5. The van der Waals surface area contributed by atoms with Gasteiger partial charge >= 0.3 is 6.09 Å². The van der Waals surface area contributed by atoms with E-state index in [4.69, 9.17) is 35.8 Å². The van der Waals surface area contributed by atoms with Gasteiger partial charge in [0.25, 0.3) is 12.0 Å². The normalized spacial score (nSPS) is 16.3. The Labute approximate surface area is 376 Å². The maximum atomic E-state index is 15.2. The fourth-order valence-electron chi connectivity index (χ4n) is 7.81. The summed E-state index contributed by atoms with van der Waals surface area (Å²) in [4.78, 5) is 40.5. The lowest BCUT2D eigenvalue weighted by Crippen LogP contribution is -2.45. The highest BCUT2D eigenvalue weighted by atomic mass is 35.5. The number of ether oxygens (including phenoxy) is 3. The van der Waals surface area contributed by atoms with Crippen LogP contribution in [0.15, 0.2) is 71.5 Å². The molecule has 4 heterocycles. The predicted molar refractivity (Wildman–Crippen MR) is 238 cm³/mol. The van der Waals surface area contributed by atoms with Crippen LogP contribution in [0.25, 0.3) is 27.6 Å². The van der Waals surface area contributed by atoms with Crippen LogP contribution in [-0.2, 0) is 39.0 Å². The molecule has 0 aliphatic carbocycles. The Morgan fingerprint density at radius 3 is 2.25 bits per heavy atom. The number of pyridine rings is 1. The predicted octanol–water partition coefficient (Wildman–Crippen LogP) is 7.72. The van der Waals surface area contributed by atoms with E-state index in [0.29, 0.717) is 36.3 Å². The molecule has 3 aromatic heterocycles. The van der Waals surface area contributed by atoms with Gasteiger partial charge in [0, 0.05) is 25.6 Å². The van der Waals surface area contributed by atoms with E-state index in [0.717, 1.165) is 31.9 Å². The third kappa shape index (κ3) is 10.6. The van der Waals surface area contributed by atoms with E-state index >= 15 is 4.79 Å². The molecule has 1 aliphatic rings. The van der Waals surface area contributed by atoms with Gasteiger partial charge in [0.05, 0.1) is 65.2 Å². The first-order valence-electron chi connectivity index (χ1n) is 20.4. The molecule has 0 bridgehead atoms. The number of fused-ring (bicyclic) bond motifs is 2. The van der Waals surface area contributed by atoms with Crippen molar-refractivity contribution in [2.24, 2.45) is 0 Å². The van der Waals surface area contributed by atoms with Crippen molar-refractivity contribution in [3.8, 4) is 11.4 Å². The molecule has 3 atom stereocenters. The SMILES string of the molecule is COc1ccc(CN(c2nn(CC(F)F)c3c(-n4c([C@H](Cc5cc(F)cc(F)c5)NC(=O)OC(C)(C)C)nc5nc(N6C[C@@H](C)O[C@@H](C)C6)ccc5c4=O)ccc(Cl)c23)S(C)(=O)=O)cc1. The Hall–Kier alpha value is -5.99. The smallest absolute Gasteiger partial charge is 0.408 e. The van der Waals surface area contributed by atoms with Crippen LogP contribution in [0, 0.1) is 11.6 Å². The average molecular weight is 943 g/mol. The number of sulfonamides is 1. The molecular weight excluding hydrogens is 896 g/mol. The van der Waals surface area contributed by atoms with E-state index in [1.165, 1.54) is 25.3 Å². The van der Waals surface area contributed by atoms with Gasteiger partial charge in [-0.1, -0.05) is 23.7 Å². The topological polar surface area (TPSA) is 163 Å². The Balaban J connectivity index is 1.53. The summed E-state index contributed by atoms with van der Waals surface area (Å²) in [5, 5.41) is 6.87. The number of carbonyl (C=O) groups is 1. The average Bonchev–Trinajstić information content (AvgIpc) is 3.56. The number of methoxy groups -OCH3 is 1. The third-order valence-corrected chi connectivity index (χ3v) is 11.7.